The van der Waals surface area contributed by atoms with Gasteiger partial charge in [-0.2, -0.15) is 0 Å². The van der Waals surface area contributed by atoms with Crippen LogP contribution in [-0.2, 0) is 6.61 Å². The van der Waals surface area contributed by atoms with E-state index < -0.39 is 0 Å². The normalized spacial score (nSPS) is 10.9. The summed E-state index contributed by atoms with van der Waals surface area (Å²) in [6.45, 7) is 0.323. The Morgan fingerprint density at radius 1 is 1.00 bits per heavy atom. The average Bonchev–Trinajstić information content (AvgIpc) is 3.09. The monoisotopic (exact) mass is 336 g/mol. The van der Waals surface area contributed by atoms with Gasteiger partial charge in [-0.25, -0.2) is 4.68 Å². The number of benzene rings is 2. The lowest BCUT2D eigenvalue weighted by molar-refractivity contribution is 0.304. The summed E-state index contributed by atoms with van der Waals surface area (Å²) in [5, 5.41) is 9.99. The molecule has 0 aliphatic carbocycles. The van der Waals surface area contributed by atoms with Crippen LogP contribution in [0.3, 0.4) is 0 Å². The van der Waals surface area contributed by atoms with Crippen LogP contribution in [0.15, 0.2) is 67.0 Å². The molecule has 6 heteroatoms. The number of rotatable bonds is 4. The van der Waals surface area contributed by atoms with Crippen LogP contribution in [-0.4, -0.2) is 20.0 Å². The molecule has 0 atom stereocenters. The van der Waals surface area contributed by atoms with Crippen molar-refractivity contribution < 1.29 is 4.74 Å². The van der Waals surface area contributed by atoms with Gasteiger partial charge in [0.2, 0.25) is 0 Å². The first-order valence-corrected chi connectivity index (χ1v) is 7.81. The Labute approximate surface area is 143 Å². The van der Waals surface area contributed by atoms with Crippen LogP contribution in [0.2, 0.25) is 5.02 Å². The van der Waals surface area contributed by atoms with Crippen molar-refractivity contribution in [3.63, 3.8) is 0 Å². The van der Waals surface area contributed by atoms with Crippen molar-refractivity contribution in [2.75, 3.05) is 0 Å². The molecule has 4 rings (SSSR count). The zero-order valence-electron chi connectivity index (χ0n) is 12.6. The van der Waals surface area contributed by atoms with Gasteiger partial charge in [0, 0.05) is 16.6 Å². The molecule has 2 aromatic heterocycles. The van der Waals surface area contributed by atoms with E-state index in [1.807, 2.05) is 60.8 Å². The highest BCUT2D eigenvalue weighted by Gasteiger charge is 2.06. The van der Waals surface area contributed by atoms with Crippen LogP contribution in [0.5, 0.6) is 5.75 Å². The second kappa shape index (κ2) is 6.29. The largest absolute Gasteiger partial charge is 0.485 e. The molecule has 0 unspecified atom stereocenters. The lowest BCUT2D eigenvalue weighted by Crippen LogP contribution is -1.97. The third kappa shape index (κ3) is 2.94. The van der Waals surface area contributed by atoms with Crippen LogP contribution >= 0.6 is 11.6 Å². The van der Waals surface area contributed by atoms with Crippen molar-refractivity contribution in [3.8, 4) is 11.4 Å². The van der Waals surface area contributed by atoms with Gasteiger partial charge in [0.05, 0.1) is 11.9 Å². The maximum absolute atomic E-state index is 5.90. The molecule has 5 nitrogen and oxygen atoms in total. The Bertz CT molecular complexity index is 976. The first kappa shape index (κ1) is 14.7. The topological polar surface area (TPSA) is 52.8 Å². The summed E-state index contributed by atoms with van der Waals surface area (Å²) >= 11 is 5.90. The maximum Gasteiger partial charge on any atom is 0.146 e. The van der Waals surface area contributed by atoms with Crippen molar-refractivity contribution in [1.82, 2.24) is 20.0 Å². The van der Waals surface area contributed by atoms with Gasteiger partial charge in [0.15, 0.2) is 0 Å². The van der Waals surface area contributed by atoms with E-state index >= 15 is 0 Å². The van der Waals surface area contributed by atoms with Gasteiger partial charge >= 0.3 is 0 Å². The number of hydrogen-bond acceptors (Lipinski definition) is 4. The average molecular weight is 337 g/mol. The minimum Gasteiger partial charge on any atom is -0.485 e. The molecule has 0 saturated heterocycles. The summed E-state index contributed by atoms with van der Waals surface area (Å²) in [7, 11) is 0. The SMILES string of the molecule is Clc1ccc(-n2cc(COc3cccc4cccnc34)nn2)cc1. The molecule has 0 fully saturated rings. The number of para-hydroxylation sites is 1. The zero-order valence-corrected chi connectivity index (χ0v) is 13.4. The fourth-order valence-electron chi connectivity index (χ4n) is 2.43. The van der Waals surface area contributed by atoms with E-state index in [1.165, 1.54) is 0 Å². The number of pyridine rings is 1. The molecular weight excluding hydrogens is 324 g/mol. The van der Waals surface area contributed by atoms with E-state index in [0.29, 0.717) is 11.6 Å². The molecule has 0 aliphatic rings. The molecule has 0 bridgehead atoms. The van der Waals surface area contributed by atoms with Crippen molar-refractivity contribution in [3.05, 3.63) is 77.7 Å². The summed E-state index contributed by atoms with van der Waals surface area (Å²) in [6.07, 6.45) is 3.59. The third-order valence-corrected chi connectivity index (χ3v) is 3.86. The van der Waals surface area contributed by atoms with Gasteiger partial charge in [-0.1, -0.05) is 35.0 Å². The summed E-state index contributed by atoms with van der Waals surface area (Å²) < 4.78 is 7.57. The number of nitrogens with zero attached hydrogens (tertiary/aromatic N) is 4. The highest BCUT2D eigenvalue weighted by molar-refractivity contribution is 6.30. The minimum atomic E-state index is 0.323. The predicted molar refractivity (Wildman–Crippen MR) is 92.4 cm³/mol. The molecule has 0 amide bonds. The van der Waals surface area contributed by atoms with E-state index in [4.69, 9.17) is 16.3 Å². The van der Waals surface area contributed by atoms with Crippen LogP contribution < -0.4 is 4.74 Å². The second-order valence-electron chi connectivity index (χ2n) is 5.25. The first-order chi connectivity index (χ1) is 11.8. The van der Waals surface area contributed by atoms with Gasteiger partial charge in [0.25, 0.3) is 0 Å². The van der Waals surface area contributed by atoms with E-state index in [0.717, 1.165) is 28.0 Å². The van der Waals surface area contributed by atoms with Crippen LogP contribution in [0, 0.1) is 0 Å². The number of fused-ring (bicyclic) bond motifs is 1. The summed E-state index contributed by atoms with van der Waals surface area (Å²) in [6, 6.07) is 17.2. The van der Waals surface area contributed by atoms with Gasteiger partial charge in [-0.3, -0.25) is 4.98 Å². The molecule has 24 heavy (non-hydrogen) atoms. The van der Waals surface area contributed by atoms with E-state index in [9.17, 15) is 0 Å². The molecule has 0 aliphatic heterocycles. The Morgan fingerprint density at radius 2 is 1.83 bits per heavy atom. The molecule has 118 valence electrons. The zero-order chi connectivity index (χ0) is 16.4. The summed E-state index contributed by atoms with van der Waals surface area (Å²) in [5.74, 6) is 0.731. The van der Waals surface area contributed by atoms with E-state index in [2.05, 4.69) is 15.3 Å². The van der Waals surface area contributed by atoms with E-state index in [1.54, 1.807) is 10.9 Å². The molecule has 4 aromatic rings. The molecule has 0 saturated carbocycles. The quantitative estimate of drug-likeness (QED) is 0.564. The van der Waals surface area contributed by atoms with Gasteiger partial charge in [-0.15, -0.1) is 5.10 Å². The van der Waals surface area contributed by atoms with Crippen LogP contribution in [0.1, 0.15) is 5.69 Å². The van der Waals surface area contributed by atoms with Gasteiger partial charge in [0.1, 0.15) is 23.6 Å². The van der Waals surface area contributed by atoms with Crippen molar-refractivity contribution >= 4 is 22.5 Å². The highest BCUT2D eigenvalue weighted by Crippen LogP contribution is 2.23. The number of aromatic nitrogens is 4. The first-order valence-electron chi connectivity index (χ1n) is 7.43. The maximum atomic E-state index is 5.90. The molecule has 2 heterocycles. The van der Waals surface area contributed by atoms with Crippen LogP contribution in [0.25, 0.3) is 16.6 Å². The fraction of sp³-hybridized carbons (Fsp3) is 0.0556. The predicted octanol–water partition coefficient (Wildman–Crippen LogP) is 4.05. The van der Waals surface area contributed by atoms with Crippen molar-refractivity contribution in [1.29, 1.82) is 0 Å². The number of halogens is 1. The number of hydrogen-bond donors (Lipinski definition) is 0. The fourth-order valence-corrected chi connectivity index (χ4v) is 2.55. The second-order valence-corrected chi connectivity index (χ2v) is 5.69. The molecule has 0 spiro atoms. The molecule has 0 N–H and O–H groups in total. The lowest BCUT2D eigenvalue weighted by atomic mass is 10.2. The van der Waals surface area contributed by atoms with E-state index in [-0.39, 0.29) is 0 Å². The number of ether oxygens (including phenoxy) is 1. The Morgan fingerprint density at radius 3 is 2.71 bits per heavy atom. The minimum absolute atomic E-state index is 0.323. The molecule has 2 aromatic carbocycles. The lowest BCUT2D eigenvalue weighted by Gasteiger charge is -2.06. The molecular formula is C18H13ClN4O. The summed E-state index contributed by atoms with van der Waals surface area (Å²) in [4.78, 5) is 4.38. The highest BCUT2D eigenvalue weighted by atomic mass is 35.5. The third-order valence-electron chi connectivity index (χ3n) is 3.60. The van der Waals surface area contributed by atoms with Crippen molar-refractivity contribution in [2.45, 2.75) is 6.61 Å². The van der Waals surface area contributed by atoms with Gasteiger partial charge in [-0.05, 0) is 36.4 Å². The Balaban J connectivity index is 1.53. The Hall–Kier alpha value is -2.92. The summed E-state index contributed by atoms with van der Waals surface area (Å²) in [5.41, 5.74) is 2.47. The standard InChI is InChI=1S/C18H13ClN4O/c19-14-6-8-16(9-7-14)23-11-15(21-22-23)12-24-17-5-1-3-13-4-2-10-20-18(13)17/h1-11H,12H2. The van der Waals surface area contributed by atoms with Crippen LogP contribution in [0.4, 0.5) is 0 Å². The Kier molecular flexibility index (Phi) is 3.84. The van der Waals surface area contributed by atoms with Crippen molar-refractivity contribution in [2.24, 2.45) is 0 Å². The van der Waals surface area contributed by atoms with Gasteiger partial charge < -0.3 is 4.74 Å². The molecule has 0 radical (unpaired) electrons. The smallest absolute Gasteiger partial charge is 0.146 e.